The van der Waals surface area contributed by atoms with Crippen LogP contribution in [-0.4, -0.2) is 41.5 Å². The molecule has 8 nitrogen and oxygen atoms in total. The number of hydrogen-bond donors (Lipinski definition) is 2. The van der Waals surface area contributed by atoms with E-state index in [9.17, 15) is 9.59 Å². The Morgan fingerprint density at radius 2 is 2.23 bits per heavy atom. The minimum Gasteiger partial charge on any atom is -0.495 e. The van der Waals surface area contributed by atoms with Crippen molar-refractivity contribution in [2.45, 2.75) is 6.54 Å². The Hall–Kier alpha value is -3.14. The first-order valence-electron chi connectivity index (χ1n) is 9.31. The van der Waals surface area contributed by atoms with Gasteiger partial charge in [0, 0.05) is 16.0 Å². The molecule has 31 heavy (non-hydrogen) atoms. The van der Waals surface area contributed by atoms with Gasteiger partial charge in [-0.15, -0.1) is 11.3 Å². The SMILES string of the molecule is COc1ccc(Cl)cc1NC(=O)CN(C)Cc1nc2scc(-c3ccco3)c2c(=O)[nH]1. The summed E-state index contributed by atoms with van der Waals surface area (Å²) in [6.07, 6.45) is 1.56. The fourth-order valence-corrected chi connectivity index (χ4v) is 4.32. The topological polar surface area (TPSA) is 100 Å². The molecule has 0 aliphatic rings. The minimum atomic E-state index is -0.247. The van der Waals surface area contributed by atoms with Gasteiger partial charge in [-0.3, -0.25) is 14.5 Å². The molecule has 0 spiro atoms. The lowest BCUT2D eigenvalue weighted by Crippen LogP contribution is -2.31. The predicted molar refractivity (Wildman–Crippen MR) is 121 cm³/mol. The van der Waals surface area contributed by atoms with Crippen molar-refractivity contribution in [2.24, 2.45) is 0 Å². The Morgan fingerprint density at radius 3 is 2.97 bits per heavy atom. The highest BCUT2D eigenvalue weighted by Gasteiger charge is 2.16. The van der Waals surface area contributed by atoms with Crippen LogP contribution in [0, 0.1) is 0 Å². The van der Waals surface area contributed by atoms with Gasteiger partial charge < -0.3 is 19.5 Å². The number of anilines is 1. The molecular formula is C21H19ClN4O4S. The number of carbonyl (C=O) groups excluding carboxylic acids is 1. The molecule has 1 aromatic carbocycles. The number of aromatic nitrogens is 2. The quantitative estimate of drug-likeness (QED) is 0.434. The molecule has 160 valence electrons. The summed E-state index contributed by atoms with van der Waals surface area (Å²) < 4.78 is 10.7. The fraction of sp³-hybridized carbons (Fsp3) is 0.190. The number of nitrogens with one attached hydrogen (secondary N) is 2. The third-order valence-electron chi connectivity index (χ3n) is 4.55. The number of hydrogen-bond acceptors (Lipinski definition) is 7. The maximum absolute atomic E-state index is 12.7. The fourth-order valence-electron chi connectivity index (χ4n) is 3.21. The summed E-state index contributed by atoms with van der Waals surface area (Å²) >= 11 is 7.38. The van der Waals surface area contributed by atoms with Crippen molar-refractivity contribution in [1.29, 1.82) is 0 Å². The van der Waals surface area contributed by atoms with E-state index in [-0.39, 0.29) is 18.0 Å². The van der Waals surface area contributed by atoms with Gasteiger partial charge in [-0.05, 0) is 37.4 Å². The lowest BCUT2D eigenvalue weighted by atomic mass is 10.2. The van der Waals surface area contributed by atoms with Crippen molar-refractivity contribution < 1.29 is 13.9 Å². The summed E-state index contributed by atoms with van der Waals surface area (Å²) in [4.78, 5) is 34.8. The molecule has 0 saturated carbocycles. The van der Waals surface area contributed by atoms with E-state index in [4.69, 9.17) is 20.8 Å². The highest BCUT2D eigenvalue weighted by molar-refractivity contribution is 7.17. The van der Waals surface area contributed by atoms with E-state index in [1.165, 1.54) is 18.4 Å². The molecule has 0 aliphatic heterocycles. The van der Waals surface area contributed by atoms with E-state index >= 15 is 0 Å². The zero-order valence-electron chi connectivity index (χ0n) is 16.8. The molecule has 4 aromatic rings. The molecule has 10 heteroatoms. The average Bonchev–Trinajstić information content (AvgIpc) is 3.37. The van der Waals surface area contributed by atoms with Crippen LogP contribution in [0.15, 0.2) is 51.2 Å². The van der Waals surface area contributed by atoms with Crippen LogP contribution in [0.25, 0.3) is 21.5 Å². The summed E-state index contributed by atoms with van der Waals surface area (Å²) in [6.45, 7) is 0.374. The summed E-state index contributed by atoms with van der Waals surface area (Å²) in [5, 5.41) is 5.63. The third-order valence-corrected chi connectivity index (χ3v) is 5.66. The second kappa shape index (κ2) is 8.93. The number of aromatic amines is 1. The molecule has 0 aliphatic carbocycles. The number of benzene rings is 1. The summed E-state index contributed by atoms with van der Waals surface area (Å²) in [5.74, 6) is 1.36. The number of nitrogens with zero attached hydrogens (tertiary/aromatic N) is 2. The third kappa shape index (κ3) is 4.63. The molecule has 2 N–H and O–H groups in total. The van der Waals surface area contributed by atoms with Crippen LogP contribution < -0.4 is 15.6 Å². The van der Waals surface area contributed by atoms with Gasteiger partial charge in [0.2, 0.25) is 5.91 Å². The Labute approximate surface area is 186 Å². The molecule has 0 fully saturated rings. The Balaban J connectivity index is 1.46. The monoisotopic (exact) mass is 458 g/mol. The number of halogens is 1. The normalized spacial score (nSPS) is 11.2. The van der Waals surface area contributed by atoms with E-state index < -0.39 is 0 Å². The summed E-state index contributed by atoms with van der Waals surface area (Å²) in [5.41, 5.74) is 0.966. The second-order valence-electron chi connectivity index (χ2n) is 6.88. The van der Waals surface area contributed by atoms with Gasteiger partial charge >= 0.3 is 0 Å². The maximum Gasteiger partial charge on any atom is 0.260 e. The molecule has 3 heterocycles. The van der Waals surface area contributed by atoms with Gasteiger partial charge in [-0.2, -0.15) is 0 Å². The lowest BCUT2D eigenvalue weighted by molar-refractivity contribution is -0.117. The highest BCUT2D eigenvalue weighted by atomic mass is 35.5. The van der Waals surface area contributed by atoms with Gasteiger partial charge in [0.25, 0.3) is 5.56 Å². The van der Waals surface area contributed by atoms with Crippen LogP contribution in [0.4, 0.5) is 5.69 Å². The first-order chi connectivity index (χ1) is 14.9. The molecule has 0 atom stereocenters. The van der Waals surface area contributed by atoms with Gasteiger partial charge in [0.15, 0.2) is 0 Å². The van der Waals surface area contributed by atoms with Crippen LogP contribution in [0.2, 0.25) is 5.02 Å². The van der Waals surface area contributed by atoms with Crippen molar-refractivity contribution in [3.63, 3.8) is 0 Å². The van der Waals surface area contributed by atoms with Crippen LogP contribution in [0.1, 0.15) is 5.82 Å². The minimum absolute atomic E-state index is 0.0828. The molecule has 4 rings (SSSR count). The van der Waals surface area contributed by atoms with E-state index in [2.05, 4.69) is 15.3 Å². The van der Waals surface area contributed by atoms with Crippen LogP contribution in [0.3, 0.4) is 0 Å². The standard InChI is InChI=1S/C21H19ClN4O4S/c1-26(10-18(27)23-14-8-12(22)5-6-16(14)29-2)9-17-24-20(28)19-13(11-31-21(19)25-17)15-4-3-7-30-15/h3-8,11H,9-10H2,1-2H3,(H,23,27)(H,24,25,28). The summed E-state index contributed by atoms with van der Waals surface area (Å²) in [6, 6.07) is 8.56. The van der Waals surface area contributed by atoms with Crippen LogP contribution >= 0.6 is 22.9 Å². The zero-order chi connectivity index (χ0) is 22.0. The molecule has 3 aromatic heterocycles. The second-order valence-corrected chi connectivity index (χ2v) is 8.18. The number of methoxy groups -OCH3 is 1. The smallest absolute Gasteiger partial charge is 0.260 e. The predicted octanol–water partition coefficient (Wildman–Crippen LogP) is 3.98. The average molecular weight is 459 g/mol. The molecular weight excluding hydrogens is 440 g/mol. The molecule has 0 saturated heterocycles. The number of likely N-dealkylation sites (N-methyl/N-ethyl adjacent to an activating group) is 1. The van der Waals surface area contributed by atoms with Crippen molar-refractivity contribution in [3.05, 3.63) is 63.2 Å². The Bertz CT molecular complexity index is 1280. The number of ether oxygens (including phenoxy) is 1. The van der Waals surface area contributed by atoms with Gasteiger partial charge in [0.1, 0.15) is 22.2 Å². The van der Waals surface area contributed by atoms with Gasteiger partial charge in [0.05, 0.1) is 37.5 Å². The van der Waals surface area contributed by atoms with Crippen LogP contribution in [-0.2, 0) is 11.3 Å². The van der Waals surface area contributed by atoms with Gasteiger partial charge in [-0.1, -0.05) is 11.6 Å². The van der Waals surface area contributed by atoms with E-state index in [1.54, 1.807) is 48.5 Å². The molecule has 0 unspecified atom stereocenters. The number of thiophene rings is 1. The Morgan fingerprint density at radius 1 is 1.39 bits per heavy atom. The number of rotatable bonds is 7. The first-order valence-corrected chi connectivity index (χ1v) is 10.6. The first kappa shape index (κ1) is 21.1. The maximum atomic E-state index is 12.7. The van der Waals surface area contributed by atoms with Crippen molar-refractivity contribution in [2.75, 3.05) is 26.0 Å². The highest BCUT2D eigenvalue weighted by Crippen LogP contribution is 2.31. The molecule has 0 bridgehead atoms. The number of H-pyrrole nitrogens is 1. The molecule has 1 amide bonds. The van der Waals surface area contributed by atoms with E-state index in [0.29, 0.717) is 50.4 Å². The van der Waals surface area contributed by atoms with Crippen LogP contribution in [0.5, 0.6) is 5.75 Å². The number of furan rings is 1. The van der Waals surface area contributed by atoms with Crippen molar-refractivity contribution >= 4 is 44.7 Å². The number of carbonyl (C=O) groups is 1. The Kier molecular flexibility index (Phi) is 6.08. The van der Waals surface area contributed by atoms with Crippen molar-refractivity contribution in [1.82, 2.24) is 14.9 Å². The van der Waals surface area contributed by atoms with E-state index in [1.807, 2.05) is 5.38 Å². The number of amides is 1. The van der Waals surface area contributed by atoms with Gasteiger partial charge in [-0.25, -0.2) is 4.98 Å². The zero-order valence-corrected chi connectivity index (χ0v) is 18.3. The largest absolute Gasteiger partial charge is 0.495 e. The summed E-state index contributed by atoms with van der Waals surface area (Å²) in [7, 11) is 3.28. The van der Waals surface area contributed by atoms with Crippen molar-refractivity contribution in [3.8, 4) is 17.1 Å². The number of fused-ring (bicyclic) bond motifs is 1. The van der Waals surface area contributed by atoms with E-state index in [0.717, 1.165) is 0 Å². The lowest BCUT2D eigenvalue weighted by Gasteiger charge is -2.16. The molecule has 0 radical (unpaired) electrons.